The van der Waals surface area contributed by atoms with Crippen LogP contribution in [0.5, 0.6) is 0 Å². The minimum absolute atomic E-state index is 0.117. The molecule has 0 aromatic rings. The molecule has 0 unspecified atom stereocenters. The van der Waals surface area contributed by atoms with Gasteiger partial charge in [0.15, 0.2) is 0 Å². The summed E-state index contributed by atoms with van der Waals surface area (Å²) in [6.07, 6.45) is -0.368. The SMILES string of the molecule is CN(C(=O)C1CCC(F)(F)CC1)C(C)(C)C(=O)O. The Hall–Kier alpha value is -1.20. The average Bonchev–Trinajstić information content (AvgIpc) is 2.26. The summed E-state index contributed by atoms with van der Waals surface area (Å²) in [6, 6.07) is 0. The first-order chi connectivity index (χ1) is 8.08. The fraction of sp³-hybridized carbons (Fsp3) is 0.833. The van der Waals surface area contributed by atoms with Gasteiger partial charge in [-0.05, 0) is 26.7 Å². The molecule has 18 heavy (non-hydrogen) atoms. The Balaban J connectivity index is 2.69. The molecule has 0 aromatic heterocycles. The number of carboxylic acids is 1. The summed E-state index contributed by atoms with van der Waals surface area (Å²) in [5.41, 5.74) is -1.32. The van der Waals surface area contributed by atoms with Crippen LogP contribution >= 0.6 is 0 Å². The van der Waals surface area contributed by atoms with E-state index in [9.17, 15) is 18.4 Å². The van der Waals surface area contributed by atoms with E-state index >= 15 is 0 Å². The maximum absolute atomic E-state index is 13.0. The smallest absolute Gasteiger partial charge is 0.329 e. The van der Waals surface area contributed by atoms with E-state index in [-0.39, 0.29) is 31.6 Å². The Bertz CT molecular complexity index is 345. The van der Waals surface area contributed by atoms with Crippen molar-refractivity contribution in [2.24, 2.45) is 5.92 Å². The highest BCUT2D eigenvalue weighted by Gasteiger charge is 2.42. The Labute approximate surface area is 105 Å². The molecule has 0 spiro atoms. The molecule has 104 valence electrons. The molecule has 1 N–H and O–H groups in total. The molecule has 1 fully saturated rings. The molecule has 6 heteroatoms. The minimum Gasteiger partial charge on any atom is -0.480 e. The monoisotopic (exact) mass is 263 g/mol. The Morgan fingerprint density at radius 2 is 1.72 bits per heavy atom. The first-order valence-corrected chi connectivity index (χ1v) is 5.97. The van der Waals surface area contributed by atoms with Gasteiger partial charge in [-0.2, -0.15) is 0 Å². The van der Waals surface area contributed by atoms with Crippen molar-refractivity contribution >= 4 is 11.9 Å². The maximum atomic E-state index is 13.0. The van der Waals surface area contributed by atoms with Gasteiger partial charge in [0.1, 0.15) is 5.54 Å². The van der Waals surface area contributed by atoms with Gasteiger partial charge in [-0.1, -0.05) is 0 Å². The van der Waals surface area contributed by atoms with Crippen LogP contribution in [0.1, 0.15) is 39.5 Å². The first kappa shape index (κ1) is 14.9. The summed E-state index contributed by atoms with van der Waals surface area (Å²) in [7, 11) is 1.41. The van der Waals surface area contributed by atoms with Crippen LogP contribution in [0.2, 0.25) is 0 Å². The number of alkyl halides is 2. The van der Waals surface area contributed by atoms with E-state index in [4.69, 9.17) is 5.11 Å². The van der Waals surface area contributed by atoms with E-state index in [1.165, 1.54) is 20.9 Å². The van der Waals surface area contributed by atoms with E-state index in [2.05, 4.69) is 0 Å². The van der Waals surface area contributed by atoms with Gasteiger partial charge >= 0.3 is 5.97 Å². The Morgan fingerprint density at radius 3 is 2.11 bits per heavy atom. The second-order valence-electron chi connectivity index (χ2n) is 5.39. The minimum atomic E-state index is -2.68. The molecule has 0 saturated heterocycles. The summed E-state index contributed by atoms with van der Waals surface area (Å²) in [6.45, 7) is 2.84. The molecule has 1 rings (SSSR count). The molecule has 0 aromatic carbocycles. The third-order valence-corrected chi connectivity index (χ3v) is 3.76. The molecule has 0 atom stereocenters. The zero-order valence-corrected chi connectivity index (χ0v) is 10.9. The zero-order valence-electron chi connectivity index (χ0n) is 10.9. The van der Waals surface area contributed by atoms with Crippen molar-refractivity contribution in [2.75, 3.05) is 7.05 Å². The normalized spacial score (nSPS) is 20.5. The topological polar surface area (TPSA) is 57.6 Å². The molecule has 0 aliphatic heterocycles. The van der Waals surface area contributed by atoms with Gasteiger partial charge < -0.3 is 10.0 Å². The number of likely N-dealkylation sites (N-methyl/N-ethyl adjacent to an activating group) is 1. The number of hydrogen-bond donors (Lipinski definition) is 1. The van der Waals surface area contributed by atoms with Gasteiger partial charge in [-0.25, -0.2) is 13.6 Å². The van der Waals surface area contributed by atoms with Crippen molar-refractivity contribution in [3.8, 4) is 0 Å². The highest BCUT2D eigenvalue weighted by atomic mass is 19.3. The lowest BCUT2D eigenvalue weighted by molar-refractivity contribution is -0.158. The Morgan fingerprint density at radius 1 is 1.28 bits per heavy atom. The van der Waals surface area contributed by atoms with Crippen molar-refractivity contribution in [1.82, 2.24) is 4.90 Å². The molecule has 0 bridgehead atoms. The lowest BCUT2D eigenvalue weighted by Crippen LogP contribution is -2.53. The van der Waals surface area contributed by atoms with Crippen LogP contribution in [0.4, 0.5) is 8.78 Å². The highest BCUT2D eigenvalue weighted by molar-refractivity contribution is 5.87. The molecule has 1 saturated carbocycles. The van der Waals surface area contributed by atoms with Crippen LogP contribution in [0.15, 0.2) is 0 Å². The van der Waals surface area contributed by atoms with Crippen LogP contribution in [-0.2, 0) is 9.59 Å². The summed E-state index contributed by atoms with van der Waals surface area (Å²) in [5.74, 6) is -4.65. The second-order valence-corrected chi connectivity index (χ2v) is 5.39. The van der Waals surface area contributed by atoms with Crippen molar-refractivity contribution in [1.29, 1.82) is 0 Å². The molecule has 1 aliphatic rings. The predicted octanol–water partition coefficient (Wildman–Crippen LogP) is 2.13. The summed E-state index contributed by atoms with van der Waals surface area (Å²) in [5, 5.41) is 9.03. The molecule has 4 nitrogen and oxygen atoms in total. The van der Waals surface area contributed by atoms with Crippen LogP contribution in [0, 0.1) is 5.92 Å². The van der Waals surface area contributed by atoms with Gasteiger partial charge in [0.25, 0.3) is 0 Å². The fourth-order valence-electron chi connectivity index (χ4n) is 1.98. The fourth-order valence-corrected chi connectivity index (χ4v) is 1.98. The van der Waals surface area contributed by atoms with E-state index in [0.29, 0.717) is 0 Å². The van der Waals surface area contributed by atoms with Crippen LogP contribution in [0.25, 0.3) is 0 Å². The van der Waals surface area contributed by atoms with E-state index in [1.807, 2.05) is 0 Å². The number of carbonyl (C=O) groups is 2. The van der Waals surface area contributed by atoms with Crippen LogP contribution in [0.3, 0.4) is 0 Å². The molecule has 0 heterocycles. The molecule has 1 amide bonds. The number of carboxylic acid groups (broad SMARTS) is 1. The second kappa shape index (κ2) is 4.82. The average molecular weight is 263 g/mol. The third kappa shape index (κ3) is 2.97. The summed E-state index contributed by atoms with van der Waals surface area (Å²) >= 11 is 0. The predicted molar refractivity (Wildman–Crippen MR) is 61.4 cm³/mol. The van der Waals surface area contributed by atoms with Gasteiger partial charge in [-0.3, -0.25) is 4.79 Å². The molecule has 0 radical (unpaired) electrons. The van der Waals surface area contributed by atoms with Gasteiger partial charge in [0, 0.05) is 25.8 Å². The van der Waals surface area contributed by atoms with Crippen molar-refractivity contribution in [2.45, 2.75) is 51.0 Å². The first-order valence-electron chi connectivity index (χ1n) is 5.97. The largest absolute Gasteiger partial charge is 0.480 e. The van der Waals surface area contributed by atoms with Crippen molar-refractivity contribution in [3.63, 3.8) is 0 Å². The number of aliphatic carboxylic acids is 1. The number of halogens is 2. The van der Waals surface area contributed by atoms with Gasteiger partial charge in [-0.15, -0.1) is 0 Å². The Kier molecular flexibility index (Phi) is 3.98. The lowest BCUT2D eigenvalue weighted by atomic mass is 9.85. The zero-order chi connectivity index (χ0) is 14.1. The lowest BCUT2D eigenvalue weighted by Gasteiger charge is -2.36. The molecular weight excluding hydrogens is 244 g/mol. The number of hydrogen-bond acceptors (Lipinski definition) is 2. The number of rotatable bonds is 3. The van der Waals surface area contributed by atoms with Gasteiger partial charge in [0.05, 0.1) is 0 Å². The van der Waals surface area contributed by atoms with Crippen molar-refractivity contribution in [3.05, 3.63) is 0 Å². The summed E-state index contributed by atoms with van der Waals surface area (Å²) in [4.78, 5) is 24.3. The number of amides is 1. The third-order valence-electron chi connectivity index (χ3n) is 3.76. The highest BCUT2D eigenvalue weighted by Crippen LogP contribution is 2.37. The maximum Gasteiger partial charge on any atom is 0.329 e. The van der Waals surface area contributed by atoms with Crippen LogP contribution in [-0.4, -0.2) is 40.4 Å². The quantitative estimate of drug-likeness (QED) is 0.848. The molecular formula is C12H19F2NO3. The number of carbonyl (C=O) groups excluding carboxylic acids is 1. The van der Waals surface area contributed by atoms with Gasteiger partial charge in [0.2, 0.25) is 11.8 Å². The van der Waals surface area contributed by atoms with E-state index < -0.39 is 23.3 Å². The summed E-state index contributed by atoms with van der Waals surface area (Å²) < 4.78 is 26.0. The van der Waals surface area contributed by atoms with E-state index in [0.717, 1.165) is 4.90 Å². The number of nitrogens with zero attached hydrogens (tertiary/aromatic N) is 1. The van der Waals surface area contributed by atoms with Crippen molar-refractivity contribution < 1.29 is 23.5 Å². The van der Waals surface area contributed by atoms with Crippen LogP contribution < -0.4 is 0 Å². The standard InChI is InChI=1S/C12H19F2NO3/c1-11(2,10(17)18)15(3)9(16)8-4-6-12(13,14)7-5-8/h8H,4-7H2,1-3H3,(H,17,18). The molecule has 1 aliphatic carbocycles. The van der Waals surface area contributed by atoms with E-state index in [1.54, 1.807) is 0 Å².